The van der Waals surface area contributed by atoms with Gasteiger partial charge in [0.25, 0.3) is 5.91 Å². The van der Waals surface area contributed by atoms with Crippen LogP contribution in [0.3, 0.4) is 0 Å². The van der Waals surface area contributed by atoms with Gasteiger partial charge in [-0.3, -0.25) is 4.79 Å². The summed E-state index contributed by atoms with van der Waals surface area (Å²) in [5.41, 5.74) is 1.46. The predicted molar refractivity (Wildman–Crippen MR) is 113 cm³/mol. The third-order valence-electron chi connectivity index (χ3n) is 5.01. The Bertz CT molecular complexity index is 1100. The van der Waals surface area contributed by atoms with Crippen molar-refractivity contribution in [1.29, 1.82) is 5.26 Å². The quantitative estimate of drug-likeness (QED) is 0.635. The van der Waals surface area contributed by atoms with Crippen LogP contribution >= 0.6 is 11.6 Å². The van der Waals surface area contributed by atoms with E-state index in [9.17, 15) is 10.1 Å². The molecule has 0 aliphatic carbocycles. The van der Waals surface area contributed by atoms with Crippen LogP contribution in [0.1, 0.15) is 16.1 Å². The minimum atomic E-state index is -0.0351. The number of amides is 1. The summed E-state index contributed by atoms with van der Waals surface area (Å²) >= 11 is 6.23. The summed E-state index contributed by atoms with van der Waals surface area (Å²) in [6.07, 6.45) is 0. The molecule has 3 aromatic rings. The predicted octanol–water partition coefficient (Wildman–Crippen LogP) is 3.84. The number of carbonyl (C=O) groups excluding carboxylic acids is 1. The van der Waals surface area contributed by atoms with E-state index in [0.717, 1.165) is 0 Å². The first-order valence-corrected chi connectivity index (χ1v) is 9.82. The van der Waals surface area contributed by atoms with Gasteiger partial charge in [0.05, 0.1) is 17.7 Å². The van der Waals surface area contributed by atoms with Gasteiger partial charge in [-0.25, -0.2) is 0 Å². The first-order chi connectivity index (χ1) is 14.6. The van der Waals surface area contributed by atoms with Crippen LogP contribution in [-0.2, 0) is 0 Å². The Hall–Kier alpha value is -3.50. The number of piperazine rings is 1. The van der Waals surface area contributed by atoms with Crippen molar-refractivity contribution in [3.8, 4) is 23.3 Å². The van der Waals surface area contributed by atoms with Crippen LogP contribution in [0.15, 0.2) is 52.9 Å². The fourth-order valence-corrected chi connectivity index (χ4v) is 3.59. The molecule has 0 saturated carbocycles. The number of aromatic nitrogens is 1. The van der Waals surface area contributed by atoms with E-state index < -0.39 is 0 Å². The zero-order chi connectivity index (χ0) is 21.1. The summed E-state index contributed by atoms with van der Waals surface area (Å²) < 4.78 is 11.0. The average molecular weight is 423 g/mol. The molecule has 0 unspecified atom stereocenters. The lowest BCUT2D eigenvalue weighted by Gasteiger charge is -2.34. The summed E-state index contributed by atoms with van der Waals surface area (Å²) in [4.78, 5) is 20.8. The molecule has 0 radical (unpaired) electrons. The van der Waals surface area contributed by atoms with Crippen molar-refractivity contribution in [3.05, 3.63) is 64.8 Å². The molecule has 0 bridgehead atoms. The second kappa shape index (κ2) is 8.47. The van der Waals surface area contributed by atoms with Crippen LogP contribution in [0.25, 0.3) is 11.5 Å². The monoisotopic (exact) mass is 422 g/mol. The van der Waals surface area contributed by atoms with Crippen LogP contribution in [-0.4, -0.2) is 49.1 Å². The van der Waals surface area contributed by atoms with Crippen LogP contribution in [0.5, 0.6) is 5.75 Å². The summed E-state index contributed by atoms with van der Waals surface area (Å²) in [6, 6.07) is 16.3. The molecule has 0 atom stereocenters. The van der Waals surface area contributed by atoms with Crippen molar-refractivity contribution < 1.29 is 13.9 Å². The van der Waals surface area contributed by atoms with Crippen LogP contribution in [0.4, 0.5) is 5.88 Å². The third-order valence-corrected chi connectivity index (χ3v) is 5.34. The number of nitriles is 1. The number of benzene rings is 2. The van der Waals surface area contributed by atoms with Gasteiger partial charge in [0.2, 0.25) is 17.5 Å². The van der Waals surface area contributed by atoms with Gasteiger partial charge in [0.15, 0.2) is 0 Å². The summed E-state index contributed by atoms with van der Waals surface area (Å²) in [5.74, 6) is 1.39. The number of hydrogen-bond donors (Lipinski definition) is 0. The molecule has 8 heteroatoms. The molecule has 2 heterocycles. The zero-order valence-electron chi connectivity index (χ0n) is 16.3. The average Bonchev–Trinajstić information content (AvgIpc) is 3.23. The molecular formula is C22H19ClN4O3. The minimum Gasteiger partial charge on any atom is -0.497 e. The fraction of sp³-hybridized carbons (Fsp3) is 0.227. The molecule has 1 fully saturated rings. The maximum Gasteiger partial charge on any atom is 0.253 e. The van der Waals surface area contributed by atoms with Crippen LogP contribution in [0, 0.1) is 11.3 Å². The first kappa shape index (κ1) is 19.8. The Morgan fingerprint density at radius 1 is 1.13 bits per heavy atom. The molecular weight excluding hydrogens is 404 g/mol. The lowest BCUT2D eigenvalue weighted by Crippen LogP contribution is -2.48. The van der Waals surface area contributed by atoms with Crippen LogP contribution < -0.4 is 9.64 Å². The molecule has 1 aromatic heterocycles. The Labute approximate surface area is 179 Å². The normalized spacial score (nSPS) is 13.8. The molecule has 0 N–H and O–H groups in total. The lowest BCUT2D eigenvalue weighted by molar-refractivity contribution is 0.0745. The van der Waals surface area contributed by atoms with Gasteiger partial charge < -0.3 is 19.0 Å². The molecule has 1 aliphatic rings. The SMILES string of the molecule is COc1ccc(C(=O)N2CCN(c3oc(-c4ccccc4Cl)nc3C#N)CC2)cc1. The largest absolute Gasteiger partial charge is 0.497 e. The molecule has 4 rings (SSSR count). The maximum atomic E-state index is 12.8. The fourth-order valence-electron chi connectivity index (χ4n) is 3.38. The number of anilines is 1. The topological polar surface area (TPSA) is 82.6 Å². The molecule has 1 saturated heterocycles. The Morgan fingerprint density at radius 2 is 1.83 bits per heavy atom. The van der Waals surface area contributed by atoms with Crippen molar-refractivity contribution in [2.24, 2.45) is 0 Å². The van der Waals surface area contributed by atoms with E-state index in [1.807, 2.05) is 17.0 Å². The van der Waals surface area contributed by atoms with Crippen molar-refractivity contribution in [2.45, 2.75) is 0 Å². The highest BCUT2D eigenvalue weighted by molar-refractivity contribution is 6.33. The van der Waals surface area contributed by atoms with Crippen molar-refractivity contribution in [1.82, 2.24) is 9.88 Å². The van der Waals surface area contributed by atoms with Crippen molar-refractivity contribution >= 4 is 23.4 Å². The lowest BCUT2D eigenvalue weighted by atomic mass is 10.1. The van der Waals surface area contributed by atoms with E-state index in [1.165, 1.54) is 0 Å². The van der Waals surface area contributed by atoms with Gasteiger partial charge in [0, 0.05) is 31.7 Å². The number of halogens is 1. The maximum absolute atomic E-state index is 12.8. The smallest absolute Gasteiger partial charge is 0.253 e. The Morgan fingerprint density at radius 3 is 2.47 bits per heavy atom. The second-order valence-corrected chi connectivity index (χ2v) is 7.18. The summed E-state index contributed by atoms with van der Waals surface area (Å²) in [5, 5.41) is 10.0. The van der Waals surface area contributed by atoms with E-state index in [1.54, 1.807) is 48.4 Å². The molecule has 7 nitrogen and oxygen atoms in total. The number of hydrogen-bond acceptors (Lipinski definition) is 6. The van der Waals surface area contributed by atoms with E-state index in [-0.39, 0.29) is 11.6 Å². The zero-order valence-corrected chi connectivity index (χ0v) is 17.1. The number of ether oxygens (including phenoxy) is 1. The Kier molecular flexibility index (Phi) is 5.59. The van der Waals surface area contributed by atoms with E-state index >= 15 is 0 Å². The second-order valence-electron chi connectivity index (χ2n) is 6.77. The molecule has 0 spiro atoms. The Balaban J connectivity index is 1.48. The first-order valence-electron chi connectivity index (χ1n) is 9.45. The number of oxazole rings is 1. The van der Waals surface area contributed by atoms with Gasteiger partial charge in [-0.2, -0.15) is 10.2 Å². The van der Waals surface area contributed by atoms with E-state index in [4.69, 9.17) is 20.8 Å². The highest BCUT2D eigenvalue weighted by Gasteiger charge is 2.27. The minimum absolute atomic E-state index is 0.0351. The summed E-state index contributed by atoms with van der Waals surface area (Å²) in [7, 11) is 1.59. The van der Waals surface area contributed by atoms with Crippen molar-refractivity contribution in [3.63, 3.8) is 0 Å². The molecule has 1 aliphatic heterocycles. The molecule has 1 amide bonds. The van der Waals surface area contributed by atoms with Crippen LogP contribution in [0.2, 0.25) is 5.02 Å². The standard InChI is InChI=1S/C22H19ClN4O3/c1-29-16-8-6-15(7-9-16)21(28)26-10-12-27(13-11-26)22-19(14-24)25-20(30-22)17-4-2-3-5-18(17)23/h2-9H,10-13H2,1H3. The molecule has 30 heavy (non-hydrogen) atoms. The summed E-state index contributed by atoms with van der Waals surface area (Å²) in [6.45, 7) is 2.09. The molecule has 152 valence electrons. The number of carbonyl (C=O) groups is 1. The number of nitrogens with zero attached hydrogens (tertiary/aromatic N) is 4. The highest BCUT2D eigenvalue weighted by Crippen LogP contribution is 2.32. The van der Waals surface area contributed by atoms with E-state index in [2.05, 4.69) is 11.1 Å². The third kappa shape index (κ3) is 3.82. The van der Waals surface area contributed by atoms with Gasteiger partial charge in [-0.15, -0.1) is 0 Å². The number of methoxy groups -OCH3 is 1. The highest BCUT2D eigenvalue weighted by atomic mass is 35.5. The number of rotatable bonds is 4. The van der Waals surface area contributed by atoms with Gasteiger partial charge in [0.1, 0.15) is 11.8 Å². The van der Waals surface area contributed by atoms with Gasteiger partial charge in [-0.1, -0.05) is 23.7 Å². The van der Waals surface area contributed by atoms with Gasteiger partial charge in [-0.05, 0) is 36.4 Å². The van der Waals surface area contributed by atoms with Gasteiger partial charge >= 0.3 is 0 Å². The molecule has 2 aromatic carbocycles. The van der Waals surface area contributed by atoms with Crippen molar-refractivity contribution in [2.75, 3.05) is 38.2 Å². The van der Waals surface area contributed by atoms with E-state index in [0.29, 0.717) is 59.9 Å².